The van der Waals surface area contributed by atoms with Crippen molar-refractivity contribution in [3.63, 3.8) is 0 Å². The van der Waals surface area contributed by atoms with Crippen LogP contribution in [0.3, 0.4) is 0 Å². The van der Waals surface area contributed by atoms with Gasteiger partial charge in [0.15, 0.2) is 0 Å². The second-order valence-electron chi connectivity index (χ2n) is 8.85. The van der Waals surface area contributed by atoms with Crippen LogP contribution in [0.5, 0.6) is 0 Å². The zero-order valence-corrected chi connectivity index (χ0v) is 16.7. The molecule has 7 rings (SSSR count). The van der Waals surface area contributed by atoms with Gasteiger partial charge in [-0.15, -0.1) is 0 Å². The molecule has 4 aliphatic rings. The Bertz CT molecular complexity index is 1170. The molecular weight excluding hydrogens is 358 g/mol. The van der Waals surface area contributed by atoms with Gasteiger partial charge in [-0.2, -0.15) is 0 Å². The molecular formula is C26H25NO2. The van der Waals surface area contributed by atoms with Crippen LogP contribution in [0.1, 0.15) is 30.9 Å². The summed E-state index contributed by atoms with van der Waals surface area (Å²) < 4.78 is 5.20. The highest BCUT2D eigenvalue weighted by Gasteiger charge is 2.59. The average molecular weight is 383 g/mol. The molecule has 4 bridgehead atoms. The zero-order chi connectivity index (χ0) is 19.7. The molecule has 0 spiro atoms. The molecule has 0 aromatic heterocycles. The van der Waals surface area contributed by atoms with Gasteiger partial charge < -0.3 is 4.74 Å². The van der Waals surface area contributed by atoms with Crippen LogP contribution in [0.15, 0.2) is 66.7 Å². The van der Waals surface area contributed by atoms with Gasteiger partial charge in [0.05, 0.1) is 19.1 Å². The molecule has 0 saturated carbocycles. The third-order valence-corrected chi connectivity index (χ3v) is 7.67. The third kappa shape index (κ3) is 2.25. The lowest BCUT2D eigenvalue weighted by molar-refractivity contribution is -0.155. The van der Waals surface area contributed by atoms with Gasteiger partial charge in [-0.25, -0.2) is 0 Å². The van der Waals surface area contributed by atoms with Crippen molar-refractivity contribution in [3.8, 4) is 0 Å². The van der Waals surface area contributed by atoms with Crippen molar-refractivity contribution in [1.82, 2.24) is 4.90 Å². The van der Waals surface area contributed by atoms with Gasteiger partial charge in [0, 0.05) is 12.1 Å². The van der Waals surface area contributed by atoms with E-state index in [2.05, 4.69) is 66.1 Å². The average Bonchev–Trinajstić information content (AvgIpc) is 3.08. The second kappa shape index (κ2) is 6.17. The number of nitrogens with zero attached hydrogens (tertiary/aromatic N) is 1. The fourth-order valence-corrected chi connectivity index (χ4v) is 6.55. The predicted octanol–water partition coefficient (Wildman–Crippen LogP) is 5.25. The highest BCUT2D eigenvalue weighted by molar-refractivity contribution is 6.09. The van der Waals surface area contributed by atoms with E-state index in [1.165, 1.54) is 46.2 Å². The van der Waals surface area contributed by atoms with Crippen LogP contribution in [0.25, 0.3) is 21.5 Å². The topological polar surface area (TPSA) is 29.5 Å². The lowest BCUT2D eigenvalue weighted by atomic mass is 9.66. The summed E-state index contributed by atoms with van der Waals surface area (Å²) in [5.74, 6) is 0.0997. The summed E-state index contributed by atoms with van der Waals surface area (Å²) in [4.78, 5) is 15.2. The summed E-state index contributed by atoms with van der Waals surface area (Å²) >= 11 is 0. The standard InChI is InChI=1S/C26H25NO2/c1-15-21-14-17-11-12-23(24(21)26(28)29-2)27(17)25(15)22-13-16-7-3-4-8-18(16)19-9-5-6-10-20(19)22/h3-10,13,17,21,23-25H,1,11-12,14H2,2H3/t17-,21+,23+,24-,25?/m0/s1. The zero-order valence-electron chi connectivity index (χ0n) is 16.7. The molecule has 4 aliphatic heterocycles. The Morgan fingerprint density at radius 2 is 1.76 bits per heavy atom. The van der Waals surface area contributed by atoms with Gasteiger partial charge >= 0.3 is 5.97 Å². The van der Waals surface area contributed by atoms with Crippen molar-refractivity contribution in [2.75, 3.05) is 7.11 Å². The molecule has 3 nitrogen and oxygen atoms in total. The van der Waals surface area contributed by atoms with Gasteiger partial charge in [-0.05, 0) is 58.4 Å². The molecule has 29 heavy (non-hydrogen) atoms. The van der Waals surface area contributed by atoms with Crippen LogP contribution in [-0.2, 0) is 9.53 Å². The minimum atomic E-state index is -0.0617. The van der Waals surface area contributed by atoms with Crippen LogP contribution in [-0.4, -0.2) is 30.1 Å². The van der Waals surface area contributed by atoms with Gasteiger partial charge in [0.25, 0.3) is 0 Å². The molecule has 2 unspecified atom stereocenters. The number of benzene rings is 3. The molecule has 3 aromatic rings. The van der Waals surface area contributed by atoms with E-state index < -0.39 is 0 Å². The summed E-state index contributed by atoms with van der Waals surface area (Å²) in [6, 6.07) is 20.7. The number of hydrogen-bond donors (Lipinski definition) is 0. The second-order valence-corrected chi connectivity index (χ2v) is 8.85. The largest absolute Gasteiger partial charge is 0.469 e. The molecule has 0 amide bonds. The van der Waals surface area contributed by atoms with Gasteiger partial charge in [0.1, 0.15) is 0 Å². The van der Waals surface area contributed by atoms with E-state index >= 15 is 0 Å². The van der Waals surface area contributed by atoms with Crippen LogP contribution in [0.2, 0.25) is 0 Å². The maximum atomic E-state index is 12.6. The molecule has 0 radical (unpaired) electrons. The van der Waals surface area contributed by atoms with Crippen molar-refractivity contribution >= 4 is 27.5 Å². The van der Waals surface area contributed by atoms with E-state index in [4.69, 9.17) is 4.74 Å². The SMILES string of the molecule is C=C1C(c2cc3ccccc3c3ccccc23)N2[C@H]3CC[C@@H]2[C@@H](C(=O)OC)[C@@H]1C3. The summed E-state index contributed by atoms with van der Waals surface area (Å²) in [5.41, 5.74) is 2.53. The van der Waals surface area contributed by atoms with Crippen LogP contribution in [0.4, 0.5) is 0 Å². The first-order valence-corrected chi connectivity index (χ1v) is 10.6. The van der Waals surface area contributed by atoms with E-state index in [9.17, 15) is 4.79 Å². The van der Waals surface area contributed by atoms with E-state index in [1.807, 2.05) is 0 Å². The molecule has 4 saturated heterocycles. The van der Waals surface area contributed by atoms with E-state index in [1.54, 1.807) is 0 Å². The van der Waals surface area contributed by atoms with Crippen molar-refractivity contribution in [3.05, 3.63) is 72.3 Å². The Hall–Kier alpha value is -2.65. The summed E-state index contributed by atoms with van der Waals surface area (Å²) in [5, 5.41) is 5.17. The summed E-state index contributed by atoms with van der Waals surface area (Å²) in [6.07, 6.45) is 3.29. The van der Waals surface area contributed by atoms with E-state index in [0.29, 0.717) is 6.04 Å². The van der Waals surface area contributed by atoms with Gasteiger partial charge in [-0.1, -0.05) is 60.7 Å². The number of esters is 1. The van der Waals surface area contributed by atoms with Crippen LogP contribution >= 0.6 is 0 Å². The first-order valence-electron chi connectivity index (χ1n) is 10.6. The van der Waals surface area contributed by atoms with E-state index in [0.717, 1.165) is 12.8 Å². The first-order chi connectivity index (χ1) is 14.2. The lowest BCUT2D eigenvalue weighted by Gasteiger charge is -2.55. The molecule has 3 heteroatoms. The minimum Gasteiger partial charge on any atom is -0.469 e. The van der Waals surface area contributed by atoms with Gasteiger partial charge in [-0.3, -0.25) is 9.69 Å². The van der Waals surface area contributed by atoms with Crippen molar-refractivity contribution in [1.29, 1.82) is 0 Å². The highest BCUT2D eigenvalue weighted by atomic mass is 16.5. The van der Waals surface area contributed by atoms with Crippen LogP contribution < -0.4 is 0 Å². The van der Waals surface area contributed by atoms with Crippen molar-refractivity contribution < 1.29 is 9.53 Å². The molecule has 0 N–H and O–H groups in total. The summed E-state index contributed by atoms with van der Waals surface area (Å²) in [6.45, 7) is 4.56. The molecule has 0 aliphatic carbocycles. The Kier molecular flexibility index (Phi) is 3.67. The minimum absolute atomic E-state index is 0.0609. The third-order valence-electron chi connectivity index (χ3n) is 7.67. The Morgan fingerprint density at radius 3 is 2.55 bits per heavy atom. The maximum Gasteiger partial charge on any atom is 0.310 e. The number of fused-ring (bicyclic) bond motifs is 4. The number of carbonyl (C=O) groups excluding carboxylic acids is 1. The summed E-state index contributed by atoms with van der Waals surface area (Å²) in [7, 11) is 1.52. The molecule has 4 heterocycles. The number of rotatable bonds is 2. The quantitative estimate of drug-likeness (QED) is 0.344. The monoisotopic (exact) mass is 383 g/mol. The number of carbonyl (C=O) groups is 1. The fourth-order valence-electron chi connectivity index (χ4n) is 6.55. The first kappa shape index (κ1) is 17.2. The van der Waals surface area contributed by atoms with E-state index in [-0.39, 0.29) is 29.9 Å². The normalized spacial score (nSPS) is 32.8. The number of piperidine rings is 3. The molecule has 146 valence electrons. The molecule has 4 fully saturated rings. The van der Waals surface area contributed by atoms with Crippen molar-refractivity contribution in [2.45, 2.75) is 37.4 Å². The van der Waals surface area contributed by atoms with Crippen molar-refractivity contribution in [2.24, 2.45) is 11.8 Å². The number of methoxy groups -OCH3 is 1. The van der Waals surface area contributed by atoms with Gasteiger partial charge in [0.2, 0.25) is 0 Å². The van der Waals surface area contributed by atoms with Crippen LogP contribution in [0, 0.1) is 11.8 Å². The number of ether oxygens (including phenoxy) is 1. The Morgan fingerprint density at radius 1 is 1.03 bits per heavy atom. The smallest absolute Gasteiger partial charge is 0.310 e. The molecule has 3 aromatic carbocycles. The predicted molar refractivity (Wildman–Crippen MR) is 116 cm³/mol. The Labute approximate surface area is 171 Å². The maximum absolute atomic E-state index is 12.6. The molecule has 6 atom stereocenters. The highest BCUT2D eigenvalue weighted by Crippen LogP contribution is 2.58. The number of hydrogen-bond acceptors (Lipinski definition) is 3. The fraction of sp³-hybridized carbons (Fsp3) is 0.346. The Balaban J connectivity index is 1.57. The lowest BCUT2D eigenvalue weighted by Crippen LogP contribution is -2.59.